The molecule has 1 atom stereocenters. The molecule has 8 heteroatoms. The molecule has 2 aromatic carbocycles. The summed E-state index contributed by atoms with van der Waals surface area (Å²) in [5.41, 5.74) is 2.67. The summed E-state index contributed by atoms with van der Waals surface area (Å²) in [5, 5.41) is 13.7. The number of nitrogens with zero attached hydrogens (tertiary/aromatic N) is 2. The van der Waals surface area contributed by atoms with Crippen LogP contribution >= 0.6 is 23.4 Å². The molecule has 2 aromatic rings. The van der Waals surface area contributed by atoms with Crippen LogP contribution in [-0.2, 0) is 9.59 Å². The van der Waals surface area contributed by atoms with Crippen LogP contribution in [0.3, 0.4) is 0 Å². The molecule has 6 nitrogen and oxygen atoms in total. The van der Waals surface area contributed by atoms with Gasteiger partial charge in [0.1, 0.15) is 5.25 Å². The molecule has 3 rings (SSSR count). The van der Waals surface area contributed by atoms with E-state index in [1.54, 1.807) is 30.5 Å². The number of thioether (sulfide) groups is 1. The molecule has 27 heavy (non-hydrogen) atoms. The topological polar surface area (TPSA) is 82.9 Å². The molecule has 0 unspecified atom stereocenters. The third kappa shape index (κ3) is 5.67. The first-order chi connectivity index (χ1) is 13.0. The molecule has 1 aliphatic rings. The monoisotopic (exact) mass is 400 g/mol. The lowest BCUT2D eigenvalue weighted by molar-refractivity contribution is -0.123. The van der Waals surface area contributed by atoms with Crippen LogP contribution in [0.4, 0.5) is 5.69 Å². The van der Waals surface area contributed by atoms with Gasteiger partial charge < -0.3 is 10.6 Å². The van der Waals surface area contributed by atoms with Gasteiger partial charge in [-0.15, -0.1) is 5.10 Å². The van der Waals surface area contributed by atoms with Crippen LogP contribution < -0.4 is 10.6 Å². The Labute approximate surface area is 166 Å². The number of hydrogen-bond acceptors (Lipinski definition) is 5. The second-order valence-corrected chi connectivity index (χ2v) is 7.54. The molecule has 138 valence electrons. The third-order valence-corrected chi connectivity index (χ3v) is 5.03. The van der Waals surface area contributed by atoms with Crippen LogP contribution in [0.5, 0.6) is 0 Å². The van der Waals surface area contributed by atoms with Crippen molar-refractivity contribution in [3.63, 3.8) is 0 Å². The molecule has 0 radical (unpaired) electrons. The van der Waals surface area contributed by atoms with Crippen LogP contribution in [0.15, 0.2) is 58.7 Å². The summed E-state index contributed by atoms with van der Waals surface area (Å²) in [7, 11) is 0. The van der Waals surface area contributed by atoms with Gasteiger partial charge in [0, 0.05) is 17.1 Å². The maximum atomic E-state index is 12.4. The van der Waals surface area contributed by atoms with Crippen molar-refractivity contribution in [3.8, 4) is 0 Å². The van der Waals surface area contributed by atoms with Crippen LogP contribution in [-0.4, -0.2) is 28.4 Å². The van der Waals surface area contributed by atoms with E-state index in [0.29, 0.717) is 15.9 Å². The largest absolute Gasteiger partial charge is 0.325 e. The van der Waals surface area contributed by atoms with Gasteiger partial charge in [-0.1, -0.05) is 53.2 Å². The summed E-state index contributed by atoms with van der Waals surface area (Å²) in [6, 6.07) is 14.6. The Morgan fingerprint density at radius 3 is 2.63 bits per heavy atom. The first kappa shape index (κ1) is 19.1. The summed E-state index contributed by atoms with van der Waals surface area (Å²) < 4.78 is 0. The van der Waals surface area contributed by atoms with Crippen molar-refractivity contribution in [3.05, 3.63) is 64.7 Å². The average molecular weight is 401 g/mol. The summed E-state index contributed by atoms with van der Waals surface area (Å²) in [5.74, 6) is -0.540. The number of aryl methyl sites for hydroxylation is 1. The summed E-state index contributed by atoms with van der Waals surface area (Å²) in [6.07, 6.45) is 1.67. The zero-order valence-corrected chi connectivity index (χ0v) is 16.1. The maximum absolute atomic E-state index is 12.4. The Morgan fingerprint density at radius 2 is 1.93 bits per heavy atom. The van der Waals surface area contributed by atoms with Crippen molar-refractivity contribution < 1.29 is 9.59 Å². The first-order valence-electron chi connectivity index (χ1n) is 8.20. The molecule has 0 spiro atoms. The van der Waals surface area contributed by atoms with E-state index >= 15 is 0 Å². The molecule has 0 aliphatic carbocycles. The molecular weight excluding hydrogens is 384 g/mol. The number of rotatable bonds is 4. The predicted molar refractivity (Wildman–Crippen MR) is 110 cm³/mol. The average Bonchev–Trinajstić information content (AvgIpc) is 2.65. The lowest BCUT2D eigenvalue weighted by Crippen LogP contribution is -2.41. The fourth-order valence-corrected chi connectivity index (χ4v) is 3.36. The highest BCUT2D eigenvalue weighted by atomic mass is 35.5. The summed E-state index contributed by atoms with van der Waals surface area (Å²) in [6.45, 7) is 2.00. The smallest absolute Gasteiger partial charge is 0.238 e. The zero-order valence-electron chi connectivity index (χ0n) is 14.5. The number of amidine groups is 1. The van der Waals surface area contributed by atoms with E-state index in [2.05, 4.69) is 20.8 Å². The minimum atomic E-state index is -0.581. The highest BCUT2D eigenvalue weighted by Gasteiger charge is 2.30. The van der Waals surface area contributed by atoms with Crippen molar-refractivity contribution in [1.82, 2.24) is 5.32 Å². The third-order valence-electron chi connectivity index (χ3n) is 3.71. The van der Waals surface area contributed by atoms with E-state index in [9.17, 15) is 9.59 Å². The Hall–Kier alpha value is -2.64. The molecule has 1 fully saturated rings. The number of carbonyl (C=O) groups is 2. The van der Waals surface area contributed by atoms with Gasteiger partial charge in [-0.2, -0.15) is 5.10 Å². The normalized spacial score (nSPS) is 18.5. The lowest BCUT2D eigenvalue weighted by atomic mass is 10.2. The number of halogens is 1. The number of benzene rings is 2. The van der Waals surface area contributed by atoms with Crippen molar-refractivity contribution in [2.24, 2.45) is 10.2 Å². The van der Waals surface area contributed by atoms with E-state index in [1.807, 2.05) is 31.2 Å². The number of amides is 2. The van der Waals surface area contributed by atoms with Crippen molar-refractivity contribution in [2.75, 3.05) is 5.32 Å². The first-order valence-corrected chi connectivity index (χ1v) is 9.46. The number of nitrogens with one attached hydrogen (secondary N) is 2. The Balaban J connectivity index is 1.64. The fraction of sp³-hybridized carbons (Fsp3) is 0.158. The second kappa shape index (κ2) is 8.83. The van der Waals surface area contributed by atoms with Crippen LogP contribution in [0, 0.1) is 6.92 Å². The van der Waals surface area contributed by atoms with Crippen molar-refractivity contribution >= 4 is 52.2 Å². The SMILES string of the molecule is Cc1ccc(C=N/N=C2\NC(=O)C[C@@H](C(=O)Nc3ccc(Cl)cc3)S2)cc1. The Morgan fingerprint density at radius 1 is 1.22 bits per heavy atom. The van der Waals surface area contributed by atoms with Crippen molar-refractivity contribution in [2.45, 2.75) is 18.6 Å². The lowest BCUT2D eigenvalue weighted by Gasteiger charge is -2.21. The zero-order chi connectivity index (χ0) is 19.2. The van der Waals surface area contributed by atoms with Gasteiger partial charge in [-0.05, 0) is 36.8 Å². The highest BCUT2D eigenvalue weighted by molar-refractivity contribution is 8.15. The molecule has 0 bridgehead atoms. The van der Waals surface area contributed by atoms with Gasteiger partial charge in [-0.3, -0.25) is 9.59 Å². The second-order valence-electron chi connectivity index (χ2n) is 5.92. The van der Waals surface area contributed by atoms with E-state index in [0.717, 1.165) is 11.1 Å². The molecule has 0 saturated carbocycles. The van der Waals surface area contributed by atoms with E-state index in [4.69, 9.17) is 11.6 Å². The molecule has 1 saturated heterocycles. The van der Waals surface area contributed by atoms with Crippen LogP contribution in [0.1, 0.15) is 17.5 Å². The summed E-state index contributed by atoms with van der Waals surface area (Å²) >= 11 is 7.01. The van der Waals surface area contributed by atoms with Gasteiger partial charge in [0.15, 0.2) is 5.17 Å². The number of anilines is 1. The van der Waals surface area contributed by atoms with Gasteiger partial charge in [-0.25, -0.2) is 0 Å². The standard InChI is InChI=1S/C19H17ClN4O2S/c1-12-2-4-13(5-3-12)11-21-24-19-23-17(25)10-16(27-19)18(26)22-15-8-6-14(20)7-9-15/h2-9,11,16H,10H2,1H3,(H,22,26)(H,23,24,25)/t16-/m0/s1. The molecule has 0 aromatic heterocycles. The number of hydrogen-bond donors (Lipinski definition) is 2. The minimum Gasteiger partial charge on any atom is -0.325 e. The molecule has 2 N–H and O–H groups in total. The quantitative estimate of drug-likeness (QED) is 0.607. The Kier molecular flexibility index (Phi) is 6.26. The van der Waals surface area contributed by atoms with E-state index in [-0.39, 0.29) is 18.2 Å². The van der Waals surface area contributed by atoms with Gasteiger partial charge in [0.05, 0.1) is 6.21 Å². The fourth-order valence-electron chi connectivity index (χ4n) is 2.30. The van der Waals surface area contributed by atoms with Gasteiger partial charge in [0.2, 0.25) is 11.8 Å². The molecule has 1 heterocycles. The van der Waals surface area contributed by atoms with Crippen LogP contribution in [0.25, 0.3) is 0 Å². The van der Waals surface area contributed by atoms with Crippen LogP contribution in [0.2, 0.25) is 5.02 Å². The van der Waals surface area contributed by atoms with E-state index in [1.165, 1.54) is 11.8 Å². The van der Waals surface area contributed by atoms with Gasteiger partial charge >= 0.3 is 0 Å². The van der Waals surface area contributed by atoms with Crippen molar-refractivity contribution in [1.29, 1.82) is 0 Å². The molecule has 2 amide bonds. The Bertz CT molecular complexity index is 895. The summed E-state index contributed by atoms with van der Waals surface area (Å²) in [4.78, 5) is 24.3. The van der Waals surface area contributed by atoms with E-state index < -0.39 is 5.25 Å². The van der Waals surface area contributed by atoms with Gasteiger partial charge in [0.25, 0.3) is 0 Å². The molecular formula is C19H17ClN4O2S. The highest BCUT2D eigenvalue weighted by Crippen LogP contribution is 2.23. The predicted octanol–water partition coefficient (Wildman–Crippen LogP) is 3.60. The maximum Gasteiger partial charge on any atom is 0.238 e. The minimum absolute atomic E-state index is 0.0742. The molecule has 1 aliphatic heterocycles. The number of carbonyl (C=O) groups excluding carboxylic acids is 2.